The first-order valence-electron chi connectivity index (χ1n) is 3.01. The second-order valence-electron chi connectivity index (χ2n) is 1.48. The number of aliphatic hydroxyl groups is 1. The molecule has 3 N–H and O–H groups in total. The number of amides is 2. The number of rotatable bonds is 4. The molecule has 2 amide bonds. The molecule has 5 heteroatoms. The van der Waals surface area contributed by atoms with Gasteiger partial charge in [-0.3, -0.25) is 0 Å². The highest BCUT2D eigenvalue weighted by Crippen LogP contribution is 1.67. The fourth-order valence-corrected chi connectivity index (χ4v) is 0.353. The van der Waals surface area contributed by atoms with Crippen LogP contribution in [-0.4, -0.2) is 31.2 Å². The number of hydrogen-bond donors (Lipinski definition) is 3. The number of carbonyl (C=O) groups excluding carboxylic acids is 1. The summed E-state index contributed by atoms with van der Waals surface area (Å²) < 4.78 is 4.80. The van der Waals surface area contributed by atoms with E-state index in [0.29, 0.717) is 6.61 Å². The Morgan fingerprint density at radius 2 is 2.30 bits per heavy atom. The molecule has 0 saturated carbocycles. The van der Waals surface area contributed by atoms with Crippen molar-refractivity contribution in [2.24, 2.45) is 0 Å². The Bertz CT molecular complexity index is 96.9. The molecule has 0 bridgehead atoms. The van der Waals surface area contributed by atoms with Crippen molar-refractivity contribution < 1.29 is 14.6 Å². The van der Waals surface area contributed by atoms with Gasteiger partial charge in [0, 0.05) is 6.61 Å². The van der Waals surface area contributed by atoms with Gasteiger partial charge in [0.15, 0.2) is 0 Å². The summed E-state index contributed by atoms with van der Waals surface area (Å²) >= 11 is 0. The molecule has 0 spiro atoms. The summed E-state index contributed by atoms with van der Waals surface area (Å²) in [6.45, 7) is 2.19. The Labute approximate surface area is 59.4 Å². The van der Waals surface area contributed by atoms with Crippen LogP contribution >= 0.6 is 0 Å². The first-order chi connectivity index (χ1) is 4.81. The Morgan fingerprint density at radius 3 is 2.80 bits per heavy atom. The van der Waals surface area contributed by atoms with Gasteiger partial charge in [0.2, 0.25) is 0 Å². The molecule has 0 aromatic heterocycles. The predicted octanol–water partition coefficient (Wildman–Crippen LogP) is -0.771. The smallest absolute Gasteiger partial charge is 0.318 e. The van der Waals surface area contributed by atoms with Gasteiger partial charge in [-0.15, -0.1) is 0 Å². The van der Waals surface area contributed by atoms with Crippen molar-refractivity contribution in [3.05, 3.63) is 0 Å². The molecule has 0 aliphatic carbocycles. The van der Waals surface area contributed by atoms with Crippen molar-refractivity contribution >= 4 is 6.03 Å². The van der Waals surface area contributed by atoms with E-state index in [1.165, 1.54) is 0 Å². The maximum absolute atomic E-state index is 10.5. The molecule has 0 heterocycles. The van der Waals surface area contributed by atoms with Crippen LogP contribution in [0.5, 0.6) is 0 Å². The predicted molar refractivity (Wildman–Crippen MR) is 35.2 cm³/mol. The maximum Gasteiger partial charge on any atom is 0.318 e. The van der Waals surface area contributed by atoms with Crippen molar-refractivity contribution in [2.45, 2.75) is 6.92 Å². The number of carbonyl (C=O) groups is 1. The summed E-state index contributed by atoms with van der Waals surface area (Å²) in [6.07, 6.45) is 0. The van der Waals surface area contributed by atoms with Gasteiger partial charge in [0.05, 0.1) is 0 Å². The van der Waals surface area contributed by atoms with E-state index in [2.05, 4.69) is 10.6 Å². The molecule has 0 aromatic carbocycles. The van der Waals surface area contributed by atoms with E-state index in [0.717, 1.165) is 0 Å². The monoisotopic (exact) mass is 148 g/mol. The summed E-state index contributed by atoms with van der Waals surface area (Å²) in [4.78, 5) is 10.5. The lowest BCUT2D eigenvalue weighted by Gasteiger charge is -2.03. The quantitative estimate of drug-likeness (QED) is 0.362. The molecule has 0 aliphatic rings. The second kappa shape index (κ2) is 6.31. The third-order valence-electron chi connectivity index (χ3n) is 0.779. The second-order valence-corrected chi connectivity index (χ2v) is 1.48. The van der Waals surface area contributed by atoms with Crippen LogP contribution < -0.4 is 10.6 Å². The summed E-state index contributed by atoms with van der Waals surface area (Å²) in [5, 5.41) is 12.7. The largest absolute Gasteiger partial charge is 0.376 e. The first kappa shape index (κ1) is 9.19. The van der Waals surface area contributed by atoms with Gasteiger partial charge >= 0.3 is 6.03 Å². The topological polar surface area (TPSA) is 70.6 Å². The van der Waals surface area contributed by atoms with Crippen molar-refractivity contribution in [3.63, 3.8) is 0 Å². The number of hydrogen-bond acceptors (Lipinski definition) is 3. The number of aliphatic hydroxyl groups excluding tert-OH is 1. The zero-order valence-corrected chi connectivity index (χ0v) is 5.89. The minimum absolute atomic E-state index is 0.169. The minimum atomic E-state index is -0.434. The van der Waals surface area contributed by atoms with Crippen LogP contribution in [0.4, 0.5) is 4.79 Å². The Morgan fingerprint density at radius 1 is 1.60 bits per heavy atom. The molecule has 0 fully saturated rings. The van der Waals surface area contributed by atoms with Crippen LogP contribution in [0.3, 0.4) is 0 Å². The summed E-state index contributed by atoms with van der Waals surface area (Å²) in [7, 11) is 0. The molecular weight excluding hydrogens is 136 g/mol. The Kier molecular flexibility index (Phi) is 5.80. The Balaban J connectivity index is 3.05. The molecule has 5 nitrogen and oxygen atoms in total. The number of nitrogens with one attached hydrogen (secondary N) is 2. The van der Waals surface area contributed by atoms with Gasteiger partial charge in [-0.1, -0.05) is 0 Å². The molecule has 0 saturated heterocycles. The van der Waals surface area contributed by atoms with E-state index in [1.54, 1.807) is 0 Å². The van der Waals surface area contributed by atoms with Gasteiger partial charge in [0.1, 0.15) is 13.5 Å². The van der Waals surface area contributed by atoms with Gasteiger partial charge in [-0.25, -0.2) is 4.79 Å². The van der Waals surface area contributed by atoms with E-state index < -0.39 is 6.03 Å². The third kappa shape index (κ3) is 5.33. The zero-order chi connectivity index (χ0) is 7.82. The SMILES string of the molecule is CCOCNC(=O)NCO. The lowest BCUT2D eigenvalue weighted by molar-refractivity contribution is 0.129. The summed E-state index contributed by atoms with van der Waals surface area (Å²) in [6, 6.07) is -0.434. The first-order valence-corrected chi connectivity index (χ1v) is 3.01. The van der Waals surface area contributed by atoms with Crippen LogP contribution in [0.25, 0.3) is 0 Å². The average molecular weight is 148 g/mol. The lowest BCUT2D eigenvalue weighted by Crippen LogP contribution is -2.37. The van der Waals surface area contributed by atoms with Crippen LogP contribution in [0, 0.1) is 0 Å². The molecular formula is C5H12N2O3. The number of ether oxygens (including phenoxy) is 1. The van der Waals surface area contributed by atoms with E-state index in [1.807, 2.05) is 6.92 Å². The van der Waals surface area contributed by atoms with Gasteiger partial charge in [0.25, 0.3) is 0 Å². The van der Waals surface area contributed by atoms with Crippen LogP contribution in [0.15, 0.2) is 0 Å². The van der Waals surface area contributed by atoms with E-state index in [4.69, 9.17) is 9.84 Å². The minimum Gasteiger partial charge on any atom is -0.376 e. The standard InChI is InChI=1S/C5H12N2O3/c1-2-10-4-7-5(9)6-3-8/h8H,2-4H2,1H3,(H2,6,7,9). The average Bonchev–Trinajstić information content (AvgIpc) is 1.89. The molecule has 0 radical (unpaired) electrons. The van der Waals surface area contributed by atoms with E-state index in [-0.39, 0.29) is 13.5 Å². The fourth-order valence-electron chi connectivity index (χ4n) is 0.353. The molecule has 0 unspecified atom stereocenters. The highest BCUT2D eigenvalue weighted by Gasteiger charge is 1.93. The molecule has 0 aliphatic heterocycles. The van der Waals surface area contributed by atoms with Crippen LogP contribution in [0.2, 0.25) is 0 Å². The van der Waals surface area contributed by atoms with Crippen LogP contribution in [-0.2, 0) is 4.74 Å². The zero-order valence-electron chi connectivity index (χ0n) is 5.89. The summed E-state index contributed by atoms with van der Waals surface area (Å²) in [5.74, 6) is 0. The van der Waals surface area contributed by atoms with Crippen molar-refractivity contribution in [1.29, 1.82) is 0 Å². The van der Waals surface area contributed by atoms with E-state index in [9.17, 15) is 4.79 Å². The van der Waals surface area contributed by atoms with E-state index >= 15 is 0 Å². The third-order valence-corrected chi connectivity index (χ3v) is 0.779. The van der Waals surface area contributed by atoms with Crippen molar-refractivity contribution in [3.8, 4) is 0 Å². The highest BCUT2D eigenvalue weighted by molar-refractivity contribution is 5.73. The maximum atomic E-state index is 10.5. The molecule has 0 rings (SSSR count). The Hall–Kier alpha value is -0.810. The molecule has 10 heavy (non-hydrogen) atoms. The van der Waals surface area contributed by atoms with Crippen molar-refractivity contribution in [2.75, 3.05) is 20.1 Å². The van der Waals surface area contributed by atoms with Gasteiger partial charge in [-0.2, -0.15) is 0 Å². The highest BCUT2D eigenvalue weighted by atomic mass is 16.5. The molecule has 60 valence electrons. The normalized spacial score (nSPS) is 9.00. The molecule has 0 aromatic rings. The fraction of sp³-hybridized carbons (Fsp3) is 0.800. The number of urea groups is 1. The molecule has 0 atom stereocenters. The van der Waals surface area contributed by atoms with Gasteiger partial charge < -0.3 is 20.5 Å². The lowest BCUT2D eigenvalue weighted by atomic mass is 10.8. The van der Waals surface area contributed by atoms with Crippen molar-refractivity contribution in [1.82, 2.24) is 10.6 Å². The summed E-state index contributed by atoms with van der Waals surface area (Å²) in [5.41, 5.74) is 0. The van der Waals surface area contributed by atoms with Crippen LogP contribution in [0.1, 0.15) is 6.92 Å². The van der Waals surface area contributed by atoms with Gasteiger partial charge in [-0.05, 0) is 6.92 Å².